The van der Waals surface area contributed by atoms with Gasteiger partial charge in [-0.15, -0.1) is 0 Å². The van der Waals surface area contributed by atoms with Crippen molar-refractivity contribution >= 4 is 17.3 Å². The molecule has 0 saturated carbocycles. The number of hydrazone groups is 1. The van der Waals surface area contributed by atoms with Crippen molar-refractivity contribution in [2.24, 2.45) is 11.0 Å². The molecule has 1 unspecified atom stereocenters. The highest BCUT2D eigenvalue weighted by Crippen LogP contribution is 2.26. The second-order valence-electron chi connectivity index (χ2n) is 3.81. The summed E-state index contributed by atoms with van der Waals surface area (Å²) in [5, 5.41) is 5.67. The molecule has 0 aromatic heterocycles. The largest absolute Gasteiger partial charge is 0.497 e. The molecule has 16 heavy (non-hydrogen) atoms. The highest BCUT2D eigenvalue weighted by Gasteiger charge is 2.30. The van der Waals surface area contributed by atoms with Crippen LogP contribution in [0.4, 0.5) is 5.69 Å². The van der Waals surface area contributed by atoms with Gasteiger partial charge in [0.2, 0.25) is 0 Å². The van der Waals surface area contributed by atoms with Crippen LogP contribution in [0.3, 0.4) is 0 Å². The van der Waals surface area contributed by atoms with Crippen molar-refractivity contribution in [3.05, 3.63) is 24.3 Å². The number of benzene rings is 1. The maximum atomic E-state index is 11.9. The lowest BCUT2D eigenvalue weighted by molar-refractivity contribution is -0.119. The Morgan fingerprint density at radius 3 is 2.75 bits per heavy atom. The summed E-state index contributed by atoms with van der Waals surface area (Å²) < 4.78 is 5.12. The van der Waals surface area contributed by atoms with Gasteiger partial charge < -0.3 is 4.74 Å². The van der Waals surface area contributed by atoms with Crippen molar-refractivity contribution < 1.29 is 9.53 Å². The van der Waals surface area contributed by atoms with Crippen LogP contribution in [0.25, 0.3) is 0 Å². The number of nitrogens with zero attached hydrogens (tertiary/aromatic N) is 2. The third kappa shape index (κ3) is 1.66. The Morgan fingerprint density at radius 1 is 1.44 bits per heavy atom. The van der Waals surface area contributed by atoms with Crippen molar-refractivity contribution in [3.8, 4) is 5.75 Å². The van der Waals surface area contributed by atoms with E-state index in [4.69, 9.17) is 4.74 Å². The first kappa shape index (κ1) is 10.7. The van der Waals surface area contributed by atoms with E-state index in [9.17, 15) is 4.79 Å². The monoisotopic (exact) mass is 218 g/mol. The summed E-state index contributed by atoms with van der Waals surface area (Å²) in [6, 6.07) is 7.32. The Hall–Kier alpha value is -1.84. The second-order valence-corrected chi connectivity index (χ2v) is 3.81. The minimum Gasteiger partial charge on any atom is -0.497 e. The van der Waals surface area contributed by atoms with Crippen LogP contribution in [-0.2, 0) is 4.79 Å². The first-order chi connectivity index (χ1) is 7.63. The summed E-state index contributed by atoms with van der Waals surface area (Å²) in [5.74, 6) is 0.592. The molecule has 0 bridgehead atoms. The number of amides is 1. The topological polar surface area (TPSA) is 41.9 Å². The van der Waals surface area contributed by atoms with Crippen LogP contribution >= 0.6 is 0 Å². The molecule has 1 aliphatic heterocycles. The van der Waals surface area contributed by atoms with E-state index in [1.807, 2.05) is 32.0 Å². The Balaban J connectivity index is 2.35. The van der Waals surface area contributed by atoms with Crippen LogP contribution in [0, 0.1) is 5.92 Å². The molecule has 0 aliphatic carbocycles. The molecular weight excluding hydrogens is 204 g/mol. The van der Waals surface area contributed by atoms with Crippen LogP contribution in [-0.4, -0.2) is 18.7 Å². The Kier molecular flexibility index (Phi) is 2.64. The summed E-state index contributed by atoms with van der Waals surface area (Å²) in [5.41, 5.74) is 1.58. The average Bonchev–Trinajstić information content (AvgIpc) is 2.57. The van der Waals surface area contributed by atoms with Gasteiger partial charge in [0.25, 0.3) is 5.91 Å². The Labute approximate surface area is 94.5 Å². The summed E-state index contributed by atoms with van der Waals surface area (Å²) in [6.07, 6.45) is 0. The van der Waals surface area contributed by atoms with E-state index in [1.54, 1.807) is 13.2 Å². The first-order valence-electron chi connectivity index (χ1n) is 5.16. The smallest absolute Gasteiger partial charge is 0.255 e. The molecule has 1 aromatic carbocycles. The van der Waals surface area contributed by atoms with Gasteiger partial charge in [-0.2, -0.15) is 5.10 Å². The zero-order valence-electron chi connectivity index (χ0n) is 9.60. The van der Waals surface area contributed by atoms with Gasteiger partial charge in [0.15, 0.2) is 0 Å². The van der Waals surface area contributed by atoms with E-state index in [-0.39, 0.29) is 11.8 Å². The number of methoxy groups -OCH3 is 1. The predicted octanol–water partition coefficient (Wildman–Crippen LogP) is 2.05. The standard InChI is InChI=1S/C12H14N2O2/c1-8-9(2)13-14(12(8)15)10-5-4-6-11(7-10)16-3/h4-8H,1-3H3. The van der Waals surface area contributed by atoms with Crippen molar-refractivity contribution in [2.75, 3.05) is 12.1 Å². The minimum atomic E-state index is -0.133. The average molecular weight is 218 g/mol. The zero-order chi connectivity index (χ0) is 11.7. The quantitative estimate of drug-likeness (QED) is 0.762. The maximum Gasteiger partial charge on any atom is 0.255 e. The normalized spacial score (nSPS) is 19.9. The second kappa shape index (κ2) is 3.96. The van der Waals surface area contributed by atoms with Crippen LogP contribution < -0.4 is 9.75 Å². The maximum absolute atomic E-state index is 11.9. The van der Waals surface area contributed by atoms with Gasteiger partial charge in [-0.25, -0.2) is 5.01 Å². The number of anilines is 1. The van der Waals surface area contributed by atoms with Gasteiger partial charge in [-0.3, -0.25) is 4.79 Å². The lowest BCUT2D eigenvalue weighted by Crippen LogP contribution is -2.25. The number of carbonyl (C=O) groups excluding carboxylic acids is 1. The molecule has 0 radical (unpaired) electrons. The predicted molar refractivity (Wildman–Crippen MR) is 62.8 cm³/mol. The number of ether oxygens (including phenoxy) is 1. The fourth-order valence-corrected chi connectivity index (χ4v) is 1.58. The summed E-state index contributed by atoms with van der Waals surface area (Å²) in [4.78, 5) is 11.9. The number of rotatable bonds is 2. The fourth-order valence-electron chi connectivity index (χ4n) is 1.58. The van der Waals surface area contributed by atoms with Gasteiger partial charge in [0, 0.05) is 11.8 Å². The molecule has 1 heterocycles. The van der Waals surface area contributed by atoms with Gasteiger partial charge in [0.1, 0.15) is 5.75 Å². The van der Waals surface area contributed by atoms with Crippen molar-refractivity contribution in [3.63, 3.8) is 0 Å². The molecule has 0 fully saturated rings. The molecule has 1 amide bonds. The summed E-state index contributed by atoms with van der Waals surface area (Å²) in [6.45, 7) is 3.73. The molecule has 0 spiro atoms. The molecule has 2 rings (SSSR count). The van der Waals surface area contributed by atoms with E-state index in [2.05, 4.69) is 5.10 Å². The number of carbonyl (C=O) groups is 1. The Morgan fingerprint density at radius 2 is 2.19 bits per heavy atom. The third-order valence-corrected chi connectivity index (χ3v) is 2.76. The van der Waals surface area contributed by atoms with Crippen LogP contribution in [0.5, 0.6) is 5.75 Å². The van der Waals surface area contributed by atoms with Crippen molar-refractivity contribution in [1.82, 2.24) is 0 Å². The number of hydrogen-bond donors (Lipinski definition) is 0. The van der Waals surface area contributed by atoms with Crippen LogP contribution in [0.15, 0.2) is 29.4 Å². The number of hydrogen-bond acceptors (Lipinski definition) is 3. The van der Waals surface area contributed by atoms with Gasteiger partial charge in [-0.1, -0.05) is 6.07 Å². The highest BCUT2D eigenvalue weighted by molar-refractivity contribution is 6.14. The third-order valence-electron chi connectivity index (χ3n) is 2.76. The summed E-state index contributed by atoms with van der Waals surface area (Å²) in [7, 11) is 1.60. The van der Waals surface area contributed by atoms with E-state index in [0.29, 0.717) is 0 Å². The van der Waals surface area contributed by atoms with Gasteiger partial charge in [0.05, 0.1) is 18.7 Å². The van der Waals surface area contributed by atoms with Gasteiger partial charge >= 0.3 is 0 Å². The molecule has 1 atom stereocenters. The lowest BCUT2D eigenvalue weighted by Gasteiger charge is -2.13. The van der Waals surface area contributed by atoms with Crippen LogP contribution in [0.2, 0.25) is 0 Å². The highest BCUT2D eigenvalue weighted by atomic mass is 16.5. The van der Waals surface area contributed by atoms with Crippen molar-refractivity contribution in [1.29, 1.82) is 0 Å². The lowest BCUT2D eigenvalue weighted by atomic mass is 10.1. The van der Waals surface area contributed by atoms with Gasteiger partial charge in [-0.05, 0) is 26.0 Å². The SMILES string of the molecule is COc1cccc(N2N=C(C)C(C)C2=O)c1. The minimum absolute atomic E-state index is 0.00533. The fraction of sp³-hybridized carbons (Fsp3) is 0.333. The summed E-state index contributed by atoms with van der Waals surface area (Å²) >= 11 is 0. The van der Waals surface area contributed by atoms with Crippen molar-refractivity contribution in [2.45, 2.75) is 13.8 Å². The van der Waals surface area contributed by atoms with E-state index in [1.165, 1.54) is 5.01 Å². The first-order valence-corrected chi connectivity index (χ1v) is 5.16. The van der Waals surface area contributed by atoms with E-state index >= 15 is 0 Å². The molecule has 4 nitrogen and oxygen atoms in total. The Bertz CT molecular complexity index is 454. The molecule has 4 heteroatoms. The molecule has 84 valence electrons. The molecule has 1 aliphatic rings. The van der Waals surface area contributed by atoms with Crippen LogP contribution in [0.1, 0.15) is 13.8 Å². The van der Waals surface area contributed by atoms with E-state index in [0.717, 1.165) is 17.1 Å². The van der Waals surface area contributed by atoms with E-state index < -0.39 is 0 Å². The molecule has 0 saturated heterocycles. The molecular formula is C12H14N2O2. The zero-order valence-corrected chi connectivity index (χ0v) is 9.60. The molecule has 0 N–H and O–H groups in total. The molecule has 1 aromatic rings.